The van der Waals surface area contributed by atoms with Crippen LogP contribution in [0, 0.1) is 0 Å². The molecule has 1 aromatic carbocycles. The van der Waals surface area contributed by atoms with Gasteiger partial charge in [0.1, 0.15) is 5.60 Å². The van der Waals surface area contributed by atoms with Crippen molar-refractivity contribution in [2.75, 3.05) is 20.2 Å². The molecule has 1 saturated carbocycles. The first kappa shape index (κ1) is 18.4. The minimum atomic E-state index is -1.01. The molecule has 0 unspecified atom stereocenters. The second-order valence-electron chi connectivity index (χ2n) is 7.33. The zero-order valence-electron chi connectivity index (χ0n) is 15.2. The number of carboxylic acid groups (broad SMARTS) is 1. The van der Waals surface area contributed by atoms with Crippen LogP contribution in [-0.2, 0) is 16.9 Å². The van der Waals surface area contributed by atoms with Crippen molar-refractivity contribution in [3.63, 3.8) is 0 Å². The molecule has 2 aromatic rings. The number of likely N-dealkylation sites (tertiary alicyclic amines) is 1. The van der Waals surface area contributed by atoms with Crippen LogP contribution >= 0.6 is 11.6 Å². The van der Waals surface area contributed by atoms with Gasteiger partial charge in [-0.15, -0.1) is 0 Å². The molecule has 1 N–H and O–H groups in total. The molecule has 0 bridgehead atoms. The predicted octanol–water partition coefficient (Wildman–Crippen LogP) is 3.44. The van der Waals surface area contributed by atoms with E-state index < -0.39 is 11.6 Å². The molecule has 0 atom stereocenters. The molecule has 2 aliphatic rings. The van der Waals surface area contributed by atoms with Crippen LogP contribution in [0.1, 0.15) is 59.2 Å². The van der Waals surface area contributed by atoms with Crippen LogP contribution in [0.15, 0.2) is 22.7 Å². The first-order valence-electron chi connectivity index (χ1n) is 9.14. The Morgan fingerprint density at radius 1 is 1.41 bits per heavy atom. The van der Waals surface area contributed by atoms with Crippen LogP contribution < -0.4 is 0 Å². The minimum Gasteiger partial charge on any atom is -0.478 e. The summed E-state index contributed by atoms with van der Waals surface area (Å²) in [6.45, 7) is 2.33. The lowest BCUT2D eigenvalue weighted by Crippen LogP contribution is -2.43. The fourth-order valence-electron chi connectivity index (χ4n) is 3.59. The molecule has 8 heteroatoms. The number of carbonyl (C=O) groups is 1. The van der Waals surface area contributed by atoms with E-state index in [1.54, 1.807) is 19.2 Å². The lowest BCUT2D eigenvalue weighted by Gasteiger charge is -2.38. The Kier molecular flexibility index (Phi) is 4.92. The van der Waals surface area contributed by atoms with Crippen molar-refractivity contribution in [1.29, 1.82) is 0 Å². The maximum atomic E-state index is 11.1. The first-order valence-corrected chi connectivity index (χ1v) is 9.52. The van der Waals surface area contributed by atoms with E-state index in [4.69, 9.17) is 26.0 Å². The van der Waals surface area contributed by atoms with Gasteiger partial charge in [-0.05, 0) is 43.4 Å². The van der Waals surface area contributed by atoms with E-state index in [0.717, 1.165) is 50.2 Å². The summed E-state index contributed by atoms with van der Waals surface area (Å²) in [6.07, 6.45) is 3.79. The third-order valence-electron chi connectivity index (χ3n) is 5.50. The highest BCUT2D eigenvalue weighted by Crippen LogP contribution is 2.41. The third-order valence-corrected chi connectivity index (χ3v) is 5.81. The van der Waals surface area contributed by atoms with Gasteiger partial charge in [-0.1, -0.05) is 22.8 Å². The summed E-state index contributed by atoms with van der Waals surface area (Å²) in [4.78, 5) is 18.0. The molecule has 4 rings (SSSR count). The molecule has 1 aliphatic carbocycles. The summed E-state index contributed by atoms with van der Waals surface area (Å²) < 4.78 is 11.4. The number of methoxy groups -OCH3 is 1. The zero-order valence-corrected chi connectivity index (χ0v) is 15.9. The number of ether oxygens (including phenoxy) is 1. The van der Waals surface area contributed by atoms with Crippen LogP contribution in [0.2, 0.25) is 5.02 Å². The number of nitrogens with zero attached hydrogens (tertiary/aromatic N) is 3. The number of piperidine rings is 1. The lowest BCUT2D eigenvalue weighted by molar-refractivity contribution is -0.0838. The molecular formula is C19H22ClN3O4. The fourth-order valence-corrected chi connectivity index (χ4v) is 3.88. The lowest BCUT2D eigenvalue weighted by atomic mass is 9.90. The van der Waals surface area contributed by atoms with Gasteiger partial charge in [-0.3, -0.25) is 4.90 Å². The molecule has 2 fully saturated rings. The van der Waals surface area contributed by atoms with Gasteiger partial charge in [0.15, 0.2) is 5.82 Å². The van der Waals surface area contributed by atoms with Crippen molar-refractivity contribution in [3.05, 3.63) is 46.1 Å². The number of aromatic nitrogens is 2. The number of hydrogen-bond acceptors (Lipinski definition) is 6. The van der Waals surface area contributed by atoms with E-state index in [0.29, 0.717) is 18.4 Å². The number of carboxylic acids is 1. The monoisotopic (exact) mass is 391 g/mol. The van der Waals surface area contributed by atoms with E-state index >= 15 is 0 Å². The van der Waals surface area contributed by atoms with Gasteiger partial charge >= 0.3 is 5.97 Å². The second-order valence-corrected chi connectivity index (χ2v) is 7.73. The average Bonchev–Trinajstić information content (AvgIpc) is 3.39. The Bertz CT molecular complexity index is 841. The summed E-state index contributed by atoms with van der Waals surface area (Å²) in [5, 5.41) is 13.5. The third kappa shape index (κ3) is 3.72. The Morgan fingerprint density at radius 3 is 2.74 bits per heavy atom. The number of halogens is 1. The summed E-state index contributed by atoms with van der Waals surface area (Å²) in [5.74, 6) is 0.826. The molecule has 1 saturated heterocycles. The number of aromatic carboxylic acids is 1. The molecule has 1 aliphatic heterocycles. The fraction of sp³-hybridized carbons (Fsp3) is 0.526. The summed E-state index contributed by atoms with van der Waals surface area (Å²) in [6, 6.07) is 5.10. The normalized spacial score (nSPS) is 19.9. The topological polar surface area (TPSA) is 88.7 Å². The van der Waals surface area contributed by atoms with E-state index in [2.05, 4.69) is 15.0 Å². The van der Waals surface area contributed by atoms with Gasteiger partial charge in [0.2, 0.25) is 0 Å². The number of hydrogen-bond donors (Lipinski definition) is 1. The van der Waals surface area contributed by atoms with Crippen LogP contribution in [0.3, 0.4) is 0 Å². The van der Waals surface area contributed by atoms with Gasteiger partial charge in [0.05, 0.1) is 10.6 Å². The predicted molar refractivity (Wildman–Crippen MR) is 97.9 cm³/mol. The van der Waals surface area contributed by atoms with Crippen LogP contribution in [0.25, 0.3) is 0 Å². The summed E-state index contributed by atoms with van der Waals surface area (Å²) >= 11 is 6.08. The number of rotatable bonds is 6. The van der Waals surface area contributed by atoms with Crippen molar-refractivity contribution in [2.45, 2.75) is 43.7 Å². The highest BCUT2D eigenvalue weighted by molar-refractivity contribution is 6.33. The molecule has 27 heavy (non-hydrogen) atoms. The molecule has 7 nitrogen and oxygen atoms in total. The van der Waals surface area contributed by atoms with Crippen LogP contribution in [0.4, 0.5) is 0 Å². The molecule has 144 valence electrons. The quantitative estimate of drug-likeness (QED) is 0.806. The van der Waals surface area contributed by atoms with Gasteiger partial charge in [0, 0.05) is 32.7 Å². The highest BCUT2D eigenvalue weighted by Gasteiger charge is 2.42. The van der Waals surface area contributed by atoms with Gasteiger partial charge in [-0.2, -0.15) is 4.98 Å². The zero-order chi connectivity index (χ0) is 19.0. The second kappa shape index (κ2) is 7.22. The Labute approximate surface area is 162 Å². The Balaban J connectivity index is 1.41. The van der Waals surface area contributed by atoms with Crippen molar-refractivity contribution in [2.24, 2.45) is 0 Å². The first-order chi connectivity index (χ1) is 13.0. The van der Waals surface area contributed by atoms with Gasteiger partial charge in [-0.25, -0.2) is 4.79 Å². The molecule has 0 radical (unpaired) electrons. The molecule has 0 amide bonds. The van der Waals surface area contributed by atoms with E-state index in [9.17, 15) is 4.79 Å². The van der Waals surface area contributed by atoms with Crippen molar-refractivity contribution in [3.8, 4) is 0 Å². The van der Waals surface area contributed by atoms with Crippen LogP contribution in [-0.4, -0.2) is 46.3 Å². The maximum Gasteiger partial charge on any atom is 0.337 e. The van der Waals surface area contributed by atoms with E-state index in [-0.39, 0.29) is 10.6 Å². The van der Waals surface area contributed by atoms with E-state index in [1.165, 1.54) is 0 Å². The van der Waals surface area contributed by atoms with E-state index in [1.807, 2.05) is 6.07 Å². The Morgan fingerprint density at radius 2 is 2.15 bits per heavy atom. The Hall–Kier alpha value is -1.96. The van der Waals surface area contributed by atoms with Gasteiger partial charge < -0.3 is 14.4 Å². The molecular weight excluding hydrogens is 370 g/mol. The van der Waals surface area contributed by atoms with Crippen LogP contribution in [0.5, 0.6) is 0 Å². The molecule has 2 heterocycles. The average molecular weight is 392 g/mol. The minimum absolute atomic E-state index is 0.125. The molecule has 0 spiro atoms. The largest absolute Gasteiger partial charge is 0.478 e. The smallest absolute Gasteiger partial charge is 0.337 e. The number of benzene rings is 1. The standard InChI is InChI=1S/C19H22ClN3O4/c1-26-19(18-21-16(22-27-18)13-3-4-13)6-8-23(9-7-19)11-12-2-5-14(17(24)25)15(20)10-12/h2,5,10,13H,3-4,6-9,11H2,1H3,(H,24,25). The van der Waals surface area contributed by atoms with Crippen molar-refractivity contribution in [1.82, 2.24) is 15.0 Å². The summed E-state index contributed by atoms with van der Waals surface area (Å²) in [5.41, 5.74) is 0.589. The highest BCUT2D eigenvalue weighted by atomic mass is 35.5. The van der Waals surface area contributed by atoms with Gasteiger partial charge in [0.25, 0.3) is 5.89 Å². The molecule has 1 aromatic heterocycles. The maximum absolute atomic E-state index is 11.1. The van der Waals surface area contributed by atoms with Crippen molar-refractivity contribution < 1.29 is 19.2 Å². The SMILES string of the molecule is COC1(c2nc(C3CC3)no2)CCN(Cc2ccc(C(=O)O)c(Cl)c2)CC1. The van der Waals surface area contributed by atoms with Crippen molar-refractivity contribution >= 4 is 17.6 Å². The summed E-state index contributed by atoms with van der Waals surface area (Å²) in [7, 11) is 1.70.